The van der Waals surface area contributed by atoms with Gasteiger partial charge in [-0.2, -0.15) is 0 Å². The van der Waals surface area contributed by atoms with Crippen LogP contribution in [0.2, 0.25) is 0 Å². The van der Waals surface area contributed by atoms with Gasteiger partial charge >= 0.3 is 0 Å². The molecular formula is C16H32O3. The number of hydrogen-bond acceptors (Lipinski definition) is 3. The lowest BCUT2D eigenvalue weighted by Gasteiger charge is -2.13. The minimum absolute atomic E-state index is 0.0895. The topological polar surface area (TPSA) is 38.7 Å². The summed E-state index contributed by atoms with van der Waals surface area (Å²) in [7, 11) is 3.36. The van der Waals surface area contributed by atoms with Gasteiger partial charge in [0.2, 0.25) is 0 Å². The minimum atomic E-state index is -0.167. The monoisotopic (exact) mass is 272 g/mol. The van der Waals surface area contributed by atoms with E-state index in [9.17, 15) is 5.11 Å². The van der Waals surface area contributed by atoms with Gasteiger partial charge < -0.3 is 14.6 Å². The summed E-state index contributed by atoms with van der Waals surface area (Å²) < 4.78 is 10.3. The summed E-state index contributed by atoms with van der Waals surface area (Å²) in [6, 6.07) is 0. The fourth-order valence-corrected chi connectivity index (χ4v) is 2.06. The van der Waals surface area contributed by atoms with Crippen molar-refractivity contribution in [3.8, 4) is 0 Å². The summed E-state index contributed by atoms with van der Waals surface area (Å²) in [6.07, 6.45) is 8.34. The van der Waals surface area contributed by atoms with E-state index >= 15 is 0 Å². The fourth-order valence-electron chi connectivity index (χ4n) is 2.06. The average Bonchev–Trinajstić information content (AvgIpc) is 2.37. The van der Waals surface area contributed by atoms with Crippen LogP contribution in [-0.4, -0.2) is 31.7 Å². The maximum absolute atomic E-state index is 9.25. The van der Waals surface area contributed by atoms with Crippen molar-refractivity contribution >= 4 is 0 Å². The highest BCUT2D eigenvalue weighted by Gasteiger charge is 2.06. The largest absolute Gasteiger partial charge is 0.393 e. The molecule has 19 heavy (non-hydrogen) atoms. The molecule has 2 unspecified atom stereocenters. The molecule has 0 heterocycles. The predicted molar refractivity (Wildman–Crippen MR) is 80.1 cm³/mol. The van der Waals surface area contributed by atoms with Gasteiger partial charge in [0.05, 0.1) is 6.10 Å². The molecule has 0 fully saturated rings. The van der Waals surface area contributed by atoms with E-state index in [4.69, 9.17) is 9.47 Å². The molecule has 0 rings (SSSR count). The van der Waals surface area contributed by atoms with Gasteiger partial charge in [-0.25, -0.2) is 0 Å². The van der Waals surface area contributed by atoms with Crippen molar-refractivity contribution < 1.29 is 14.6 Å². The van der Waals surface area contributed by atoms with E-state index in [0.29, 0.717) is 5.92 Å². The van der Waals surface area contributed by atoms with Crippen LogP contribution < -0.4 is 0 Å². The molecule has 0 aromatic heterocycles. The molecular weight excluding hydrogens is 240 g/mol. The zero-order chi connectivity index (χ0) is 14.7. The first-order chi connectivity index (χ1) is 8.99. The summed E-state index contributed by atoms with van der Waals surface area (Å²) in [5, 5.41) is 9.25. The van der Waals surface area contributed by atoms with Crippen LogP contribution in [0.15, 0.2) is 11.6 Å². The van der Waals surface area contributed by atoms with Gasteiger partial charge in [0.1, 0.15) is 0 Å². The summed E-state index contributed by atoms with van der Waals surface area (Å²) in [5.74, 6) is 0.685. The molecule has 0 aliphatic heterocycles. The number of hydrogen-bond donors (Lipinski definition) is 1. The second-order valence-electron chi connectivity index (χ2n) is 5.60. The third-order valence-electron chi connectivity index (χ3n) is 3.53. The lowest BCUT2D eigenvalue weighted by molar-refractivity contribution is -0.105. The van der Waals surface area contributed by atoms with E-state index in [2.05, 4.69) is 19.9 Å². The third kappa shape index (κ3) is 11.2. The van der Waals surface area contributed by atoms with Crippen molar-refractivity contribution in [3.05, 3.63) is 11.6 Å². The maximum Gasteiger partial charge on any atom is 0.157 e. The molecule has 0 radical (unpaired) electrons. The molecule has 0 aromatic rings. The van der Waals surface area contributed by atoms with Gasteiger partial charge in [-0.3, -0.25) is 0 Å². The SMILES string of the molecule is COC(CCC(C)=CCCC(C)CCC(C)O)OC. The maximum atomic E-state index is 9.25. The van der Waals surface area contributed by atoms with Crippen molar-refractivity contribution in [3.63, 3.8) is 0 Å². The van der Waals surface area contributed by atoms with Crippen LogP contribution in [0.25, 0.3) is 0 Å². The molecule has 0 aliphatic rings. The standard InChI is InChI=1S/C16H32O3/c1-13(9-11-15(3)17)7-6-8-14(2)10-12-16(18-4)19-5/h8,13,15-17H,6-7,9-12H2,1-5H3. The lowest BCUT2D eigenvalue weighted by Crippen LogP contribution is -2.12. The second kappa shape index (κ2) is 11.4. The highest BCUT2D eigenvalue weighted by molar-refractivity contribution is 4.97. The van der Waals surface area contributed by atoms with E-state index in [1.165, 1.54) is 12.0 Å². The molecule has 0 aromatic carbocycles. The summed E-state index contributed by atoms with van der Waals surface area (Å²) >= 11 is 0. The van der Waals surface area contributed by atoms with Crippen LogP contribution in [0.3, 0.4) is 0 Å². The number of ether oxygens (including phenoxy) is 2. The number of allylic oxidation sites excluding steroid dienone is 2. The first-order valence-corrected chi connectivity index (χ1v) is 7.38. The van der Waals surface area contributed by atoms with Crippen molar-refractivity contribution in [2.45, 2.75) is 71.7 Å². The number of rotatable bonds is 11. The molecule has 2 atom stereocenters. The zero-order valence-electron chi connectivity index (χ0n) is 13.3. The van der Waals surface area contributed by atoms with E-state index in [-0.39, 0.29) is 12.4 Å². The van der Waals surface area contributed by atoms with Crippen LogP contribution in [0, 0.1) is 5.92 Å². The Hall–Kier alpha value is -0.380. The number of methoxy groups -OCH3 is 2. The van der Waals surface area contributed by atoms with Gasteiger partial charge in [-0.15, -0.1) is 0 Å². The fraction of sp³-hybridized carbons (Fsp3) is 0.875. The molecule has 1 N–H and O–H groups in total. The Morgan fingerprint density at radius 2 is 1.68 bits per heavy atom. The minimum Gasteiger partial charge on any atom is -0.393 e. The molecule has 114 valence electrons. The second-order valence-corrected chi connectivity index (χ2v) is 5.60. The summed E-state index contributed by atoms with van der Waals surface area (Å²) in [6.45, 7) is 6.29. The average molecular weight is 272 g/mol. The molecule has 0 aliphatic carbocycles. The van der Waals surface area contributed by atoms with Crippen molar-refractivity contribution in [2.24, 2.45) is 5.92 Å². The van der Waals surface area contributed by atoms with Crippen molar-refractivity contribution in [2.75, 3.05) is 14.2 Å². The van der Waals surface area contributed by atoms with Gasteiger partial charge in [0.25, 0.3) is 0 Å². The molecule has 0 amide bonds. The van der Waals surface area contributed by atoms with Gasteiger partial charge in [0, 0.05) is 20.6 Å². The Morgan fingerprint density at radius 3 is 2.21 bits per heavy atom. The van der Waals surface area contributed by atoms with Crippen molar-refractivity contribution in [1.82, 2.24) is 0 Å². The molecule has 0 saturated heterocycles. The van der Waals surface area contributed by atoms with Crippen LogP contribution in [0.1, 0.15) is 59.3 Å². The van der Waals surface area contributed by atoms with Crippen LogP contribution in [0.5, 0.6) is 0 Å². The van der Waals surface area contributed by atoms with Crippen LogP contribution >= 0.6 is 0 Å². The quantitative estimate of drug-likeness (QED) is 0.458. The highest BCUT2D eigenvalue weighted by atomic mass is 16.7. The molecule has 3 nitrogen and oxygen atoms in total. The van der Waals surface area contributed by atoms with Crippen LogP contribution in [0.4, 0.5) is 0 Å². The van der Waals surface area contributed by atoms with Gasteiger partial charge in [0.15, 0.2) is 6.29 Å². The highest BCUT2D eigenvalue weighted by Crippen LogP contribution is 2.16. The first-order valence-electron chi connectivity index (χ1n) is 7.38. The van der Waals surface area contributed by atoms with Gasteiger partial charge in [-0.05, 0) is 51.9 Å². The smallest absolute Gasteiger partial charge is 0.157 e. The van der Waals surface area contributed by atoms with E-state index < -0.39 is 0 Å². The van der Waals surface area contributed by atoms with Gasteiger partial charge in [-0.1, -0.05) is 18.6 Å². The molecule has 0 bridgehead atoms. The summed E-state index contributed by atoms with van der Waals surface area (Å²) in [5.41, 5.74) is 1.40. The normalized spacial score (nSPS) is 15.8. The Morgan fingerprint density at radius 1 is 1.05 bits per heavy atom. The Kier molecular flexibility index (Phi) is 11.2. The predicted octanol–water partition coefficient (Wildman–Crippen LogP) is 3.91. The van der Waals surface area contributed by atoms with E-state index in [0.717, 1.165) is 32.1 Å². The zero-order valence-corrected chi connectivity index (χ0v) is 13.3. The Balaban J connectivity index is 3.74. The lowest BCUT2D eigenvalue weighted by atomic mass is 9.97. The number of aliphatic hydroxyl groups is 1. The summed E-state index contributed by atoms with van der Waals surface area (Å²) in [4.78, 5) is 0. The Labute approximate surface area is 119 Å². The van der Waals surface area contributed by atoms with E-state index in [1.807, 2.05) is 6.92 Å². The molecule has 0 saturated carbocycles. The Bertz CT molecular complexity index is 232. The van der Waals surface area contributed by atoms with Crippen LogP contribution in [-0.2, 0) is 9.47 Å². The molecule has 0 spiro atoms. The van der Waals surface area contributed by atoms with E-state index in [1.54, 1.807) is 14.2 Å². The van der Waals surface area contributed by atoms with Crippen molar-refractivity contribution in [1.29, 1.82) is 0 Å². The first kappa shape index (κ1) is 18.6. The number of aliphatic hydroxyl groups excluding tert-OH is 1. The molecule has 3 heteroatoms. The third-order valence-corrected chi connectivity index (χ3v) is 3.53.